The number of amides is 1. The zero-order valence-electron chi connectivity index (χ0n) is 17.9. The van der Waals surface area contributed by atoms with Gasteiger partial charge in [-0.1, -0.05) is 6.07 Å². The van der Waals surface area contributed by atoms with E-state index in [-0.39, 0.29) is 10.5 Å². The Kier molecular flexibility index (Phi) is 8.08. The van der Waals surface area contributed by atoms with E-state index in [1.54, 1.807) is 26.0 Å². The number of ether oxygens (including phenoxy) is 3. The molecule has 0 saturated heterocycles. The Labute approximate surface area is 177 Å². The maximum atomic E-state index is 12.6. The molecule has 2 N–H and O–H groups in total. The molecule has 0 aliphatic heterocycles. The number of rotatable bonds is 10. The average molecular weight is 437 g/mol. The van der Waals surface area contributed by atoms with Crippen molar-refractivity contribution in [2.45, 2.75) is 39.5 Å². The summed E-state index contributed by atoms with van der Waals surface area (Å²) in [5.74, 6) is 0.417. The van der Waals surface area contributed by atoms with Crippen LogP contribution in [0.25, 0.3) is 0 Å². The van der Waals surface area contributed by atoms with Gasteiger partial charge in [-0.05, 0) is 70.0 Å². The molecule has 0 radical (unpaired) electrons. The highest BCUT2D eigenvalue weighted by molar-refractivity contribution is 7.89. The molecule has 9 heteroatoms. The summed E-state index contributed by atoms with van der Waals surface area (Å²) in [6, 6.07) is 7.70. The second kappa shape index (κ2) is 10.3. The standard InChI is InChI=1S/C21H28N2O6S/c1-6-27-18-12-16(13-19(28-7-2)20(18)29-8-3)21(24)22-23-30(25,26)17-10-9-14(4)15(5)11-17/h9-13,23H,6-8H2,1-5H3,(H,22,24). The van der Waals surface area contributed by atoms with Gasteiger partial charge in [-0.3, -0.25) is 10.2 Å². The molecule has 30 heavy (non-hydrogen) atoms. The lowest BCUT2D eigenvalue weighted by Crippen LogP contribution is -2.41. The third kappa shape index (κ3) is 5.64. The summed E-state index contributed by atoms with van der Waals surface area (Å²) in [6.07, 6.45) is 0. The van der Waals surface area contributed by atoms with Crippen molar-refractivity contribution in [3.8, 4) is 17.2 Å². The Morgan fingerprint density at radius 2 is 1.43 bits per heavy atom. The lowest BCUT2D eigenvalue weighted by atomic mass is 10.1. The molecule has 0 aliphatic rings. The monoisotopic (exact) mass is 436 g/mol. The summed E-state index contributed by atoms with van der Waals surface area (Å²) in [4.78, 5) is 14.8. The molecule has 0 aliphatic carbocycles. The second-order valence-corrected chi connectivity index (χ2v) is 8.09. The summed E-state index contributed by atoms with van der Waals surface area (Å²) < 4.78 is 41.8. The first kappa shape index (κ1) is 23.5. The summed E-state index contributed by atoms with van der Waals surface area (Å²) in [7, 11) is -3.93. The molecule has 0 unspecified atom stereocenters. The number of hydrazine groups is 1. The fourth-order valence-corrected chi connectivity index (χ4v) is 3.57. The maximum absolute atomic E-state index is 12.6. The van der Waals surface area contributed by atoms with Gasteiger partial charge >= 0.3 is 0 Å². The van der Waals surface area contributed by atoms with Crippen LogP contribution in [0.2, 0.25) is 0 Å². The largest absolute Gasteiger partial charge is 0.490 e. The zero-order valence-corrected chi connectivity index (χ0v) is 18.7. The molecule has 0 atom stereocenters. The molecule has 0 fully saturated rings. The Morgan fingerprint density at radius 3 is 1.93 bits per heavy atom. The topological polar surface area (TPSA) is 103 Å². The lowest BCUT2D eigenvalue weighted by Gasteiger charge is -2.17. The average Bonchev–Trinajstić information content (AvgIpc) is 2.70. The van der Waals surface area contributed by atoms with Crippen LogP contribution in [0.4, 0.5) is 0 Å². The first-order valence-electron chi connectivity index (χ1n) is 9.69. The third-order valence-corrected chi connectivity index (χ3v) is 5.50. The highest BCUT2D eigenvalue weighted by Gasteiger charge is 2.20. The van der Waals surface area contributed by atoms with E-state index >= 15 is 0 Å². The van der Waals surface area contributed by atoms with Crippen molar-refractivity contribution in [2.75, 3.05) is 19.8 Å². The van der Waals surface area contributed by atoms with Crippen LogP contribution in [0.3, 0.4) is 0 Å². The molecule has 2 rings (SSSR count). The molecule has 1 amide bonds. The van der Waals surface area contributed by atoms with Gasteiger partial charge in [0.05, 0.1) is 24.7 Å². The van der Waals surface area contributed by atoms with Crippen LogP contribution in [0.5, 0.6) is 17.2 Å². The fraction of sp³-hybridized carbons (Fsp3) is 0.381. The van der Waals surface area contributed by atoms with E-state index in [1.807, 2.05) is 20.8 Å². The van der Waals surface area contributed by atoms with E-state index in [1.165, 1.54) is 18.2 Å². The molecular formula is C21H28N2O6S. The van der Waals surface area contributed by atoms with Crippen molar-refractivity contribution in [1.82, 2.24) is 10.3 Å². The van der Waals surface area contributed by atoms with Gasteiger partial charge < -0.3 is 14.2 Å². The number of carbonyl (C=O) groups excluding carboxylic acids is 1. The van der Waals surface area contributed by atoms with Crippen molar-refractivity contribution in [3.63, 3.8) is 0 Å². The van der Waals surface area contributed by atoms with Crippen molar-refractivity contribution < 1.29 is 27.4 Å². The van der Waals surface area contributed by atoms with Crippen molar-refractivity contribution in [1.29, 1.82) is 0 Å². The van der Waals surface area contributed by atoms with Gasteiger partial charge in [-0.25, -0.2) is 8.42 Å². The quantitative estimate of drug-likeness (QED) is 0.555. The van der Waals surface area contributed by atoms with Gasteiger partial charge in [0.15, 0.2) is 11.5 Å². The van der Waals surface area contributed by atoms with Gasteiger partial charge in [0.25, 0.3) is 15.9 Å². The van der Waals surface area contributed by atoms with Crippen LogP contribution < -0.4 is 24.5 Å². The molecular weight excluding hydrogens is 408 g/mol. The summed E-state index contributed by atoms with van der Waals surface area (Å²) >= 11 is 0. The normalized spacial score (nSPS) is 11.1. The Hall–Kier alpha value is -2.78. The number of hydrogen-bond acceptors (Lipinski definition) is 6. The predicted molar refractivity (Wildman–Crippen MR) is 114 cm³/mol. The summed E-state index contributed by atoms with van der Waals surface area (Å²) in [5.41, 5.74) is 4.20. The van der Waals surface area contributed by atoms with Crippen LogP contribution in [-0.4, -0.2) is 34.1 Å². The second-order valence-electron chi connectivity index (χ2n) is 6.41. The zero-order chi connectivity index (χ0) is 22.3. The van der Waals surface area contributed by atoms with Crippen LogP contribution in [0.15, 0.2) is 35.2 Å². The number of hydrogen-bond donors (Lipinski definition) is 2. The van der Waals surface area contributed by atoms with E-state index in [9.17, 15) is 13.2 Å². The summed E-state index contributed by atoms with van der Waals surface area (Å²) in [6.45, 7) is 10.2. The molecule has 0 spiro atoms. The van der Waals surface area contributed by atoms with E-state index in [2.05, 4.69) is 10.3 Å². The van der Waals surface area contributed by atoms with Crippen LogP contribution in [-0.2, 0) is 10.0 Å². The van der Waals surface area contributed by atoms with E-state index in [0.717, 1.165) is 11.1 Å². The first-order chi connectivity index (χ1) is 14.2. The Morgan fingerprint density at radius 1 is 0.867 bits per heavy atom. The van der Waals surface area contributed by atoms with Crippen molar-refractivity contribution in [2.24, 2.45) is 0 Å². The molecule has 0 heterocycles. The van der Waals surface area contributed by atoms with Gasteiger partial charge in [-0.15, -0.1) is 4.83 Å². The molecule has 2 aromatic rings. The van der Waals surface area contributed by atoms with Gasteiger partial charge in [0.1, 0.15) is 0 Å². The van der Waals surface area contributed by atoms with Crippen LogP contribution >= 0.6 is 0 Å². The van der Waals surface area contributed by atoms with Crippen LogP contribution in [0.1, 0.15) is 42.3 Å². The van der Waals surface area contributed by atoms with Crippen molar-refractivity contribution in [3.05, 3.63) is 47.0 Å². The minimum absolute atomic E-state index is 0.0580. The van der Waals surface area contributed by atoms with Gasteiger partial charge in [0.2, 0.25) is 5.75 Å². The van der Waals surface area contributed by atoms with Gasteiger partial charge in [-0.2, -0.15) is 0 Å². The summed E-state index contributed by atoms with van der Waals surface area (Å²) in [5, 5.41) is 0. The van der Waals surface area contributed by atoms with Crippen molar-refractivity contribution >= 4 is 15.9 Å². The van der Waals surface area contributed by atoms with Crippen LogP contribution in [0, 0.1) is 13.8 Å². The number of aryl methyl sites for hydroxylation is 2. The van der Waals surface area contributed by atoms with E-state index in [0.29, 0.717) is 37.1 Å². The number of benzene rings is 2. The smallest absolute Gasteiger partial charge is 0.266 e. The number of carbonyl (C=O) groups is 1. The fourth-order valence-electron chi connectivity index (χ4n) is 2.65. The number of nitrogens with one attached hydrogen (secondary N) is 2. The third-order valence-electron chi connectivity index (χ3n) is 4.26. The van der Waals surface area contributed by atoms with E-state index in [4.69, 9.17) is 14.2 Å². The Balaban J connectivity index is 2.27. The minimum atomic E-state index is -3.93. The Bertz CT molecular complexity index is 978. The molecule has 164 valence electrons. The predicted octanol–water partition coefficient (Wildman–Crippen LogP) is 3.12. The lowest BCUT2D eigenvalue weighted by molar-refractivity contribution is 0.0944. The molecule has 0 aromatic heterocycles. The molecule has 0 saturated carbocycles. The first-order valence-corrected chi connectivity index (χ1v) is 11.2. The maximum Gasteiger partial charge on any atom is 0.266 e. The van der Waals surface area contributed by atoms with E-state index < -0.39 is 15.9 Å². The molecule has 8 nitrogen and oxygen atoms in total. The number of sulfonamides is 1. The van der Waals surface area contributed by atoms with Gasteiger partial charge in [0, 0.05) is 5.56 Å². The SMILES string of the molecule is CCOc1cc(C(=O)NNS(=O)(=O)c2ccc(C)c(C)c2)cc(OCC)c1OCC. The highest BCUT2D eigenvalue weighted by Crippen LogP contribution is 2.39. The molecule has 0 bridgehead atoms. The molecule has 2 aromatic carbocycles. The minimum Gasteiger partial charge on any atom is -0.490 e. The highest BCUT2D eigenvalue weighted by atomic mass is 32.2.